The van der Waals surface area contributed by atoms with E-state index in [0.29, 0.717) is 25.0 Å². The van der Waals surface area contributed by atoms with Crippen molar-refractivity contribution in [1.82, 2.24) is 5.32 Å². The first-order valence-corrected chi connectivity index (χ1v) is 9.78. The largest absolute Gasteiger partial charge is 0.466 e. The minimum atomic E-state index is -5.14. The lowest BCUT2D eigenvalue weighted by Crippen LogP contribution is -2.36. The first-order valence-electron chi connectivity index (χ1n) is 9.78. The quantitative estimate of drug-likeness (QED) is 0.544. The molecule has 1 aliphatic carbocycles. The van der Waals surface area contributed by atoms with E-state index in [0.717, 1.165) is 13.5 Å². The second-order valence-electron chi connectivity index (χ2n) is 7.58. The number of allylic oxidation sites excluding steroid dienone is 2. The Labute approximate surface area is 181 Å². The lowest BCUT2D eigenvalue weighted by Gasteiger charge is -2.33. The molecule has 0 aromatic heterocycles. The Morgan fingerprint density at radius 1 is 1.12 bits per heavy atom. The lowest BCUT2D eigenvalue weighted by atomic mass is 9.77. The average Bonchev–Trinajstić information content (AvgIpc) is 2.68. The monoisotopic (exact) mass is 452 g/mol. The highest BCUT2D eigenvalue weighted by molar-refractivity contribution is 6.00. The SMILES string of the molecule is COC(=O)C1=C(C)NC(C)=C(C(=O)OC2CCC2)C1c1c(F)ccc(C#N)c1C(F)(F)F. The van der Waals surface area contributed by atoms with Gasteiger partial charge in [-0.15, -0.1) is 0 Å². The number of ether oxygens (including phenoxy) is 2. The number of benzene rings is 1. The number of rotatable bonds is 4. The summed E-state index contributed by atoms with van der Waals surface area (Å²) in [5.74, 6) is -5.12. The van der Waals surface area contributed by atoms with Gasteiger partial charge in [0.2, 0.25) is 0 Å². The van der Waals surface area contributed by atoms with Crippen molar-refractivity contribution in [2.45, 2.75) is 51.3 Å². The Kier molecular flexibility index (Phi) is 6.30. The average molecular weight is 452 g/mol. The van der Waals surface area contributed by atoms with Crippen LogP contribution < -0.4 is 5.32 Å². The number of hydrogen-bond acceptors (Lipinski definition) is 6. The second-order valence-corrected chi connectivity index (χ2v) is 7.58. The number of hydrogen-bond donors (Lipinski definition) is 1. The third kappa shape index (κ3) is 4.07. The van der Waals surface area contributed by atoms with Crippen LogP contribution in [-0.4, -0.2) is 25.2 Å². The topological polar surface area (TPSA) is 88.4 Å². The van der Waals surface area contributed by atoms with Crippen molar-refractivity contribution in [2.24, 2.45) is 0 Å². The highest BCUT2D eigenvalue weighted by Crippen LogP contribution is 2.47. The summed E-state index contributed by atoms with van der Waals surface area (Å²) in [4.78, 5) is 25.6. The van der Waals surface area contributed by atoms with Crippen molar-refractivity contribution in [1.29, 1.82) is 5.26 Å². The number of nitrogens with one attached hydrogen (secondary N) is 1. The first kappa shape index (κ1) is 23.3. The molecule has 3 rings (SSSR count). The zero-order chi connectivity index (χ0) is 23.8. The molecule has 0 spiro atoms. The summed E-state index contributed by atoms with van der Waals surface area (Å²) in [7, 11) is 1.02. The summed E-state index contributed by atoms with van der Waals surface area (Å²) in [5, 5.41) is 12.0. The standard InChI is InChI=1S/C22H20F4N2O4/c1-10-15(20(29)31-3)18(16(11(2)28-10)21(30)32-13-5-4-6-13)17-14(23)8-7-12(9-27)19(17)22(24,25)26/h7-8,13,18,28H,4-6H2,1-3H3. The Morgan fingerprint density at radius 3 is 2.19 bits per heavy atom. The van der Waals surface area contributed by atoms with Crippen molar-refractivity contribution in [3.63, 3.8) is 0 Å². The van der Waals surface area contributed by atoms with Crippen LogP contribution in [0.15, 0.2) is 34.7 Å². The predicted octanol–water partition coefficient (Wildman–Crippen LogP) is 4.22. The molecule has 170 valence electrons. The smallest absolute Gasteiger partial charge is 0.418 e. The summed E-state index contributed by atoms with van der Waals surface area (Å²) in [6.45, 7) is 2.82. The van der Waals surface area contributed by atoms with E-state index in [1.807, 2.05) is 0 Å². The minimum Gasteiger partial charge on any atom is -0.466 e. The summed E-state index contributed by atoms with van der Waals surface area (Å²) >= 11 is 0. The molecule has 1 aromatic carbocycles. The third-order valence-corrected chi connectivity index (χ3v) is 5.60. The molecule has 1 saturated carbocycles. The number of esters is 2. The van der Waals surface area contributed by atoms with Gasteiger partial charge in [-0.25, -0.2) is 14.0 Å². The second kappa shape index (κ2) is 8.65. The molecule has 1 aromatic rings. The number of methoxy groups -OCH3 is 1. The molecule has 0 saturated heterocycles. The van der Waals surface area contributed by atoms with E-state index < -0.39 is 52.6 Å². The number of nitriles is 1. The van der Waals surface area contributed by atoms with Crippen LogP contribution in [0.25, 0.3) is 0 Å². The van der Waals surface area contributed by atoms with Gasteiger partial charge in [0, 0.05) is 17.0 Å². The molecule has 6 nitrogen and oxygen atoms in total. The lowest BCUT2D eigenvalue weighted by molar-refractivity contribution is -0.149. The maximum Gasteiger partial charge on any atom is 0.418 e. The van der Waals surface area contributed by atoms with Gasteiger partial charge < -0.3 is 14.8 Å². The fourth-order valence-electron chi connectivity index (χ4n) is 3.91. The number of dihydropyridines is 1. The molecule has 1 atom stereocenters. The Bertz CT molecular complexity index is 1080. The molecule has 1 N–H and O–H groups in total. The fourth-order valence-corrected chi connectivity index (χ4v) is 3.91. The molecule has 10 heteroatoms. The molecular formula is C22H20F4N2O4. The fraction of sp³-hybridized carbons (Fsp3) is 0.409. The van der Waals surface area contributed by atoms with E-state index in [2.05, 4.69) is 5.32 Å². The van der Waals surface area contributed by atoms with Crippen molar-refractivity contribution in [2.75, 3.05) is 7.11 Å². The van der Waals surface area contributed by atoms with Gasteiger partial charge in [0.25, 0.3) is 0 Å². The van der Waals surface area contributed by atoms with Crippen LogP contribution in [0.4, 0.5) is 17.6 Å². The molecule has 2 aliphatic rings. The zero-order valence-electron chi connectivity index (χ0n) is 17.5. The number of halogens is 4. The van der Waals surface area contributed by atoms with Gasteiger partial charge in [0.1, 0.15) is 11.9 Å². The summed E-state index contributed by atoms with van der Waals surface area (Å²) < 4.78 is 67.3. The molecule has 0 radical (unpaired) electrons. The highest BCUT2D eigenvalue weighted by Gasteiger charge is 2.46. The van der Waals surface area contributed by atoms with Crippen LogP contribution in [0.3, 0.4) is 0 Å². The molecule has 1 heterocycles. The van der Waals surface area contributed by atoms with E-state index in [1.165, 1.54) is 19.9 Å². The summed E-state index contributed by atoms with van der Waals surface area (Å²) in [6, 6.07) is 2.83. The molecule has 1 aliphatic heterocycles. The van der Waals surface area contributed by atoms with Crippen molar-refractivity contribution in [3.8, 4) is 6.07 Å². The summed E-state index contributed by atoms with van der Waals surface area (Å²) in [6.07, 6.45) is -3.52. The van der Waals surface area contributed by atoms with Gasteiger partial charge in [-0.3, -0.25) is 0 Å². The Hall–Kier alpha value is -3.35. The van der Waals surface area contributed by atoms with Crippen molar-refractivity contribution >= 4 is 11.9 Å². The summed E-state index contributed by atoms with van der Waals surface area (Å²) in [5.41, 5.74) is -3.91. The number of carbonyl (C=O) groups is 2. The van der Waals surface area contributed by atoms with Crippen molar-refractivity contribution < 1.29 is 36.6 Å². The van der Waals surface area contributed by atoms with E-state index in [9.17, 15) is 28.0 Å². The van der Waals surface area contributed by atoms with Gasteiger partial charge in [-0.05, 0) is 45.2 Å². The third-order valence-electron chi connectivity index (χ3n) is 5.60. The number of carbonyl (C=O) groups excluding carboxylic acids is 2. The Balaban J connectivity index is 2.33. The van der Waals surface area contributed by atoms with Crippen LogP contribution in [0.5, 0.6) is 0 Å². The van der Waals surface area contributed by atoms with Crippen LogP contribution in [0.2, 0.25) is 0 Å². The van der Waals surface area contributed by atoms with Crippen LogP contribution >= 0.6 is 0 Å². The van der Waals surface area contributed by atoms with Gasteiger partial charge in [-0.1, -0.05) is 0 Å². The molecule has 32 heavy (non-hydrogen) atoms. The van der Waals surface area contributed by atoms with E-state index in [-0.39, 0.29) is 22.5 Å². The molecular weight excluding hydrogens is 432 g/mol. The van der Waals surface area contributed by atoms with Crippen LogP contribution in [-0.2, 0) is 25.2 Å². The highest BCUT2D eigenvalue weighted by atomic mass is 19.4. The van der Waals surface area contributed by atoms with Crippen molar-refractivity contribution in [3.05, 3.63) is 57.2 Å². The molecule has 0 bridgehead atoms. The maximum absolute atomic E-state index is 15.1. The predicted molar refractivity (Wildman–Crippen MR) is 103 cm³/mol. The molecule has 1 fully saturated rings. The molecule has 0 amide bonds. The minimum absolute atomic E-state index is 0.0921. The first-order chi connectivity index (χ1) is 15.0. The number of nitrogens with zero attached hydrogens (tertiary/aromatic N) is 1. The van der Waals surface area contributed by atoms with E-state index >= 15 is 4.39 Å². The van der Waals surface area contributed by atoms with E-state index in [4.69, 9.17) is 9.47 Å². The van der Waals surface area contributed by atoms with Crippen LogP contribution in [0, 0.1) is 17.1 Å². The normalized spacial score (nSPS) is 19.1. The van der Waals surface area contributed by atoms with E-state index in [1.54, 1.807) is 0 Å². The van der Waals surface area contributed by atoms with Gasteiger partial charge >= 0.3 is 18.1 Å². The number of alkyl halides is 3. The maximum atomic E-state index is 15.1. The van der Waals surface area contributed by atoms with Gasteiger partial charge in [0.15, 0.2) is 0 Å². The van der Waals surface area contributed by atoms with Gasteiger partial charge in [-0.2, -0.15) is 18.4 Å². The Morgan fingerprint density at radius 2 is 1.72 bits per heavy atom. The van der Waals surface area contributed by atoms with Gasteiger partial charge in [0.05, 0.1) is 41.4 Å². The van der Waals surface area contributed by atoms with Crippen LogP contribution in [0.1, 0.15) is 55.7 Å². The zero-order valence-corrected chi connectivity index (χ0v) is 17.5. The molecule has 1 unspecified atom stereocenters.